The fourth-order valence-electron chi connectivity index (χ4n) is 3.04. The fraction of sp³-hybridized carbons (Fsp3) is 0.318. The zero-order valence-corrected chi connectivity index (χ0v) is 15.6. The van der Waals surface area contributed by atoms with Crippen LogP contribution in [0, 0.1) is 0 Å². The van der Waals surface area contributed by atoms with Gasteiger partial charge in [0.2, 0.25) is 5.91 Å². The molecular weight excluding hydrogens is 342 g/mol. The van der Waals surface area contributed by atoms with Crippen LogP contribution in [0.5, 0.6) is 11.5 Å². The van der Waals surface area contributed by atoms with Crippen molar-refractivity contribution in [1.29, 1.82) is 0 Å². The molecule has 2 aromatic rings. The van der Waals surface area contributed by atoms with Gasteiger partial charge in [0.25, 0.3) is 0 Å². The van der Waals surface area contributed by atoms with Crippen molar-refractivity contribution < 1.29 is 19.0 Å². The van der Waals surface area contributed by atoms with E-state index in [2.05, 4.69) is 12.6 Å². The van der Waals surface area contributed by atoms with Gasteiger partial charge in [0.15, 0.2) is 0 Å². The zero-order valence-electron chi connectivity index (χ0n) is 15.6. The molecule has 0 saturated carbocycles. The number of fused-ring (bicyclic) bond motifs is 1. The summed E-state index contributed by atoms with van der Waals surface area (Å²) in [6.45, 7) is 6.29. The van der Waals surface area contributed by atoms with E-state index in [9.17, 15) is 4.79 Å². The van der Waals surface area contributed by atoms with E-state index >= 15 is 0 Å². The van der Waals surface area contributed by atoms with Gasteiger partial charge in [0.05, 0.1) is 33.3 Å². The molecule has 0 aliphatic carbocycles. The van der Waals surface area contributed by atoms with E-state index in [0.29, 0.717) is 39.3 Å². The second-order valence-corrected chi connectivity index (χ2v) is 6.43. The molecule has 0 bridgehead atoms. The van der Waals surface area contributed by atoms with Gasteiger partial charge in [-0.3, -0.25) is 4.79 Å². The number of hydrogen-bond acceptors (Lipinski definition) is 4. The quantitative estimate of drug-likeness (QED) is 0.556. The predicted molar refractivity (Wildman–Crippen MR) is 104 cm³/mol. The van der Waals surface area contributed by atoms with Crippen LogP contribution in [0.15, 0.2) is 55.1 Å². The first-order chi connectivity index (χ1) is 13.2. The van der Waals surface area contributed by atoms with Gasteiger partial charge in [0, 0.05) is 12.1 Å². The zero-order chi connectivity index (χ0) is 19.1. The molecule has 1 heterocycles. The second kappa shape index (κ2) is 9.24. The third-order valence-corrected chi connectivity index (χ3v) is 4.48. The molecule has 142 valence electrons. The van der Waals surface area contributed by atoms with Gasteiger partial charge in [0.1, 0.15) is 18.1 Å². The number of carbonyl (C=O) groups is 1. The monoisotopic (exact) mass is 367 g/mol. The molecule has 3 rings (SSSR count). The van der Waals surface area contributed by atoms with E-state index in [1.807, 2.05) is 41.3 Å². The number of nitrogens with zero attached hydrogens (tertiary/aromatic N) is 1. The average Bonchev–Trinajstić information content (AvgIpc) is 2.91. The Balaban J connectivity index is 1.67. The molecule has 0 aromatic heterocycles. The maximum absolute atomic E-state index is 12.8. The van der Waals surface area contributed by atoms with Crippen molar-refractivity contribution in [2.75, 3.05) is 26.9 Å². The molecule has 5 heteroatoms. The molecule has 1 aliphatic rings. The molecule has 0 atom stereocenters. The lowest BCUT2D eigenvalue weighted by molar-refractivity contribution is -0.131. The molecule has 5 nitrogen and oxygen atoms in total. The maximum Gasteiger partial charge on any atom is 0.227 e. The van der Waals surface area contributed by atoms with Crippen LogP contribution in [0.1, 0.15) is 16.7 Å². The van der Waals surface area contributed by atoms with E-state index in [0.717, 1.165) is 28.2 Å². The summed E-state index contributed by atoms with van der Waals surface area (Å²) in [5.41, 5.74) is 3.04. The first-order valence-electron chi connectivity index (χ1n) is 9.03. The lowest BCUT2D eigenvalue weighted by atomic mass is 10.1. The normalized spacial score (nSPS) is 13.3. The first-order valence-corrected chi connectivity index (χ1v) is 9.03. The Bertz CT molecular complexity index is 785. The number of benzene rings is 2. The molecule has 0 spiro atoms. The first kappa shape index (κ1) is 19.0. The van der Waals surface area contributed by atoms with Crippen LogP contribution in [0.3, 0.4) is 0 Å². The number of amides is 1. The number of carbonyl (C=O) groups excluding carboxylic acids is 1. The molecule has 2 aromatic carbocycles. The minimum Gasteiger partial charge on any atom is -0.497 e. The van der Waals surface area contributed by atoms with Crippen LogP contribution in [-0.4, -0.2) is 37.7 Å². The van der Waals surface area contributed by atoms with Crippen molar-refractivity contribution in [2.24, 2.45) is 0 Å². The highest BCUT2D eigenvalue weighted by molar-refractivity contribution is 5.79. The molecule has 0 radical (unpaired) electrons. The highest BCUT2D eigenvalue weighted by Crippen LogP contribution is 2.25. The molecule has 27 heavy (non-hydrogen) atoms. The smallest absolute Gasteiger partial charge is 0.227 e. The SMILES string of the molecule is C=CCOCc1ccc2c(c1)CN(C(=O)Cc1ccc(OC)cc1)CCO2. The Morgan fingerprint density at radius 2 is 2.00 bits per heavy atom. The Hall–Kier alpha value is -2.79. The summed E-state index contributed by atoms with van der Waals surface area (Å²) in [4.78, 5) is 14.6. The number of hydrogen-bond donors (Lipinski definition) is 0. The standard InChI is InChI=1S/C22H25NO4/c1-3-11-26-16-18-6-9-21-19(13-18)15-23(10-12-27-21)22(24)14-17-4-7-20(25-2)8-5-17/h3-9,13H,1,10-12,14-16H2,2H3. The number of ether oxygens (including phenoxy) is 3. The highest BCUT2D eigenvalue weighted by Gasteiger charge is 2.20. The van der Waals surface area contributed by atoms with Crippen molar-refractivity contribution in [2.45, 2.75) is 19.6 Å². The molecule has 0 unspecified atom stereocenters. The van der Waals surface area contributed by atoms with Crippen molar-refractivity contribution in [3.8, 4) is 11.5 Å². The maximum atomic E-state index is 12.8. The van der Waals surface area contributed by atoms with Crippen LogP contribution in [-0.2, 0) is 29.1 Å². The van der Waals surface area contributed by atoms with Crippen molar-refractivity contribution >= 4 is 5.91 Å². The molecule has 1 aliphatic heterocycles. The fourth-order valence-corrected chi connectivity index (χ4v) is 3.04. The lowest BCUT2D eigenvalue weighted by Crippen LogP contribution is -2.33. The summed E-state index contributed by atoms with van der Waals surface area (Å²) in [5.74, 6) is 1.71. The van der Waals surface area contributed by atoms with Gasteiger partial charge in [-0.15, -0.1) is 6.58 Å². The summed E-state index contributed by atoms with van der Waals surface area (Å²) in [6, 6.07) is 13.6. The van der Waals surface area contributed by atoms with Gasteiger partial charge in [-0.1, -0.05) is 24.3 Å². The second-order valence-electron chi connectivity index (χ2n) is 6.43. The highest BCUT2D eigenvalue weighted by atomic mass is 16.5. The number of methoxy groups -OCH3 is 1. The van der Waals surface area contributed by atoms with Gasteiger partial charge in [-0.25, -0.2) is 0 Å². The topological polar surface area (TPSA) is 48.0 Å². The van der Waals surface area contributed by atoms with Crippen molar-refractivity contribution in [3.05, 3.63) is 71.8 Å². The van der Waals surface area contributed by atoms with Crippen LogP contribution >= 0.6 is 0 Å². The van der Waals surface area contributed by atoms with Gasteiger partial charge in [-0.2, -0.15) is 0 Å². The molecule has 0 N–H and O–H groups in total. The summed E-state index contributed by atoms with van der Waals surface area (Å²) in [6.07, 6.45) is 2.09. The summed E-state index contributed by atoms with van der Waals surface area (Å²) in [7, 11) is 1.63. The summed E-state index contributed by atoms with van der Waals surface area (Å²) < 4.78 is 16.5. The average molecular weight is 367 g/mol. The van der Waals surface area contributed by atoms with Gasteiger partial charge < -0.3 is 19.1 Å². The van der Waals surface area contributed by atoms with Gasteiger partial charge >= 0.3 is 0 Å². The van der Waals surface area contributed by atoms with E-state index in [1.54, 1.807) is 13.2 Å². The third-order valence-electron chi connectivity index (χ3n) is 4.48. The minimum absolute atomic E-state index is 0.0879. The third kappa shape index (κ3) is 5.11. The van der Waals surface area contributed by atoms with Crippen molar-refractivity contribution in [3.63, 3.8) is 0 Å². The van der Waals surface area contributed by atoms with Gasteiger partial charge in [-0.05, 0) is 35.4 Å². The molecule has 1 amide bonds. The van der Waals surface area contributed by atoms with Crippen LogP contribution in [0.2, 0.25) is 0 Å². The van der Waals surface area contributed by atoms with Crippen LogP contribution in [0.4, 0.5) is 0 Å². The Morgan fingerprint density at radius 1 is 1.22 bits per heavy atom. The molecular formula is C22H25NO4. The van der Waals surface area contributed by atoms with E-state index in [1.165, 1.54) is 0 Å². The lowest BCUT2D eigenvalue weighted by Gasteiger charge is -2.20. The predicted octanol–water partition coefficient (Wildman–Crippen LogP) is 3.36. The van der Waals surface area contributed by atoms with Crippen LogP contribution < -0.4 is 9.47 Å². The number of rotatable bonds is 7. The molecule has 0 fully saturated rings. The van der Waals surface area contributed by atoms with E-state index < -0.39 is 0 Å². The Kier molecular flexibility index (Phi) is 6.49. The van der Waals surface area contributed by atoms with Crippen molar-refractivity contribution in [1.82, 2.24) is 4.90 Å². The summed E-state index contributed by atoms with van der Waals surface area (Å²) in [5, 5.41) is 0. The Labute approximate surface area is 160 Å². The largest absolute Gasteiger partial charge is 0.497 e. The minimum atomic E-state index is 0.0879. The van der Waals surface area contributed by atoms with Crippen LogP contribution in [0.25, 0.3) is 0 Å². The van der Waals surface area contributed by atoms with E-state index in [-0.39, 0.29) is 5.91 Å². The van der Waals surface area contributed by atoms with E-state index in [4.69, 9.17) is 14.2 Å². The Morgan fingerprint density at radius 3 is 2.74 bits per heavy atom. The summed E-state index contributed by atoms with van der Waals surface area (Å²) >= 11 is 0. The molecule has 0 saturated heterocycles.